The van der Waals surface area contributed by atoms with Crippen LogP contribution >= 0.6 is 0 Å². The molecule has 0 aliphatic rings. The lowest BCUT2D eigenvalue weighted by atomic mass is 10.0. The molecule has 0 aliphatic heterocycles. The molecule has 378 valence electrons. The third-order valence-electron chi connectivity index (χ3n) is 9.40. The molecule has 1 aromatic carbocycles. The van der Waals surface area contributed by atoms with E-state index in [-0.39, 0.29) is 89.3 Å². The van der Waals surface area contributed by atoms with Gasteiger partial charge in [0.25, 0.3) is 0 Å². The Labute approximate surface area is 393 Å². The van der Waals surface area contributed by atoms with E-state index in [1.807, 2.05) is 5.32 Å². The molecule has 1 rings (SSSR count). The number of carbonyl (C=O) groups excluding carboxylic acids is 6. The largest absolute Gasteiger partial charge is 0.481 e. The van der Waals surface area contributed by atoms with Crippen LogP contribution in [0.3, 0.4) is 0 Å². The van der Waals surface area contributed by atoms with Crippen LogP contribution in [0.4, 0.5) is 4.79 Å². The van der Waals surface area contributed by atoms with Crippen molar-refractivity contribution >= 4 is 59.4 Å². The maximum absolute atomic E-state index is 13.4. The molecule has 0 heterocycles. The Morgan fingerprint density at radius 2 is 1.15 bits per heavy atom. The molecule has 1 aromatic rings. The van der Waals surface area contributed by atoms with Crippen LogP contribution in [0.25, 0.3) is 0 Å². The molecule has 0 fully saturated rings. The number of unbranched alkanes of at least 4 members (excludes halogenated alkanes) is 1. The van der Waals surface area contributed by atoms with Crippen molar-refractivity contribution < 1.29 is 82.6 Å². The molecule has 0 aromatic heterocycles. The van der Waals surface area contributed by atoms with Gasteiger partial charge in [0.1, 0.15) is 24.2 Å². The van der Waals surface area contributed by atoms with Gasteiger partial charge in [-0.05, 0) is 56.2 Å². The molecule has 0 aliphatic carbocycles. The summed E-state index contributed by atoms with van der Waals surface area (Å²) in [5.74, 6) is -7.74. The first-order chi connectivity index (χ1) is 32.4. The number of aromatic carboxylic acids is 1. The summed E-state index contributed by atoms with van der Waals surface area (Å²) in [7, 11) is 0. The number of nitrogens with one attached hydrogen (secondary N) is 7. The van der Waals surface area contributed by atoms with Gasteiger partial charge in [-0.1, -0.05) is 36.9 Å². The van der Waals surface area contributed by atoms with Crippen molar-refractivity contribution in [3.05, 3.63) is 60.2 Å². The predicted molar refractivity (Wildman–Crippen MR) is 241 cm³/mol. The van der Waals surface area contributed by atoms with Gasteiger partial charge in [0.15, 0.2) is 0 Å². The maximum atomic E-state index is 13.4. The highest BCUT2D eigenvalue weighted by atomic mass is 16.5. The summed E-state index contributed by atoms with van der Waals surface area (Å²) >= 11 is 0. The van der Waals surface area contributed by atoms with Crippen LogP contribution in [0.5, 0.6) is 0 Å². The molecule has 24 heteroatoms. The average molecular weight is 964 g/mol. The second-order valence-electron chi connectivity index (χ2n) is 14.9. The lowest BCUT2D eigenvalue weighted by molar-refractivity contribution is -0.141. The van der Waals surface area contributed by atoms with Gasteiger partial charge in [0.2, 0.25) is 29.5 Å². The Bertz CT molecular complexity index is 1840. The number of amides is 7. The number of benzene rings is 1. The zero-order valence-electron chi connectivity index (χ0n) is 38.1. The Morgan fingerprint density at radius 1 is 0.588 bits per heavy atom. The van der Waals surface area contributed by atoms with Gasteiger partial charge in [-0.3, -0.25) is 28.8 Å². The number of rotatable bonds is 38. The summed E-state index contributed by atoms with van der Waals surface area (Å²) in [4.78, 5) is 121. The number of allylic oxidation sites excluding steroid dienone is 3. The summed E-state index contributed by atoms with van der Waals surface area (Å²) in [5.41, 5.74) is 0.571. The monoisotopic (exact) mass is 963 g/mol. The zero-order valence-corrected chi connectivity index (χ0v) is 38.1. The minimum Gasteiger partial charge on any atom is -0.481 e. The minimum atomic E-state index is -1.56. The summed E-state index contributed by atoms with van der Waals surface area (Å²) < 4.78 is 16.2. The molecule has 0 bridgehead atoms. The Morgan fingerprint density at radius 3 is 1.74 bits per heavy atom. The van der Waals surface area contributed by atoms with E-state index in [1.54, 1.807) is 12.2 Å². The van der Waals surface area contributed by atoms with Gasteiger partial charge in [-0.2, -0.15) is 0 Å². The number of hydrogen-bond acceptors (Lipinski definition) is 13. The van der Waals surface area contributed by atoms with Crippen molar-refractivity contribution in [1.29, 1.82) is 0 Å². The molecule has 4 atom stereocenters. The number of urea groups is 1. The molecule has 0 saturated carbocycles. The quantitative estimate of drug-likeness (QED) is 0.0303. The summed E-state index contributed by atoms with van der Waals surface area (Å²) in [6.07, 6.45) is 4.51. The lowest BCUT2D eigenvalue weighted by Crippen LogP contribution is -2.51. The van der Waals surface area contributed by atoms with E-state index >= 15 is 0 Å². The molecule has 0 radical (unpaired) electrons. The highest BCUT2D eigenvalue weighted by Gasteiger charge is 2.26. The Hall–Kier alpha value is -6.92. The van der Waals surface area contributed by atoms with Crippen molar-refractivity contribution in [1.82, 2.24) is 37.2 Å². The molecule has 68 heavy (non-hydrogen) atoms. The number of hydrogen-bond donors (Lipinski definition) is 11. The van der Waals surface area contributed by atoms with Crippen LogP contribution in [0.15, 0.2) is 49.1 Å². The van der Waals surface area contributed by atoms with Crippen LogP contribution in [-0.4, -0.2) is 163 Å². The molecule has 11 N–H and O–H groups in total. The van der Waals surface area contributed by atoms with Gasteiger partial charge in [0.05, 0.1) is 45.2 Å². The van der Waals surface area contributed by atoms with E-state index in [9.17, 15) is 63.3 Å². The molecule has 0 saturated heterocycles. The van der Waals surface area contributed by atoms with E-state index in [4.69, 9.17) is 19.3 Å². The zero-order chi connectivity index (χ0) is 50.7. The minimum absolute atomic E-state index is 0.0159. The average Bonchev–Trinajstić information content (AvgIpc) is 3.28. The third kappa shape index (κ3) is 28.9. The summed E-state index contributed by atoms with van der Waals surface area (Å²) in [6, 6.07) is -0.492. The highest BCUT2D eigenvalue weighted by Crippen LogP contribution is 2.09. The number of carboxylic acids is 4. The number of carbonyl (C=O) groups is 10. The smallest absolute Gasteiger partial charge is 0.335 e. The van der Waals surface area contributed by atoms with E-state index < -0.39 is 90.5 Å². The van der Waals surface area contributed by atoms with Gasteiger partial charge in [0, 0.05) is 52.2 Å². The number of ether oxygens (including phenoxy) is 3. The van der Waals surface area contributed by atoms with Gasteiger partial charge in [-0.25, -0.2) is 19.2 Å². The first-order valence-electron chi connectivity index (χ1n) is 21.9. The number of aliphatic carboxylic acids is 3. The van der Waals surface area contributed by atoms with Crippen LogP contribution in [0, 0.1) is 0 Å². The maximum Gasteiger partial charge on any atom is 0.335 e. The molecule has 0 spiro atoms. The standard InChI is InChI=1S/C44H65N7O17/c1-3-4-5-6-9-32(39(57)46-19-8-7-10-33(42(61)62)50-44(65)51-34(43(63)64)15-16-38(55)56)48-36(53)17-20-47-40(58)35(28-30-11-13-31(14-12-30)41(59)60)49-37(54)18-22-66-24-26-68-27-25-67-23-21-45-29(2)52/h3-5,11-14,32-35H,1,6-10,15-28H2,2H3,(H,45,52)(H,46,57)(H,47,58)(H,48,53)(H,49,54)(H,55,56)(H,59,60)(H,61,62)(H,63,64)(H2,50,51,65)/b5-4+/t32-,33-,34-,35-/m0/s1. The van der Waals surface area contributed by atoms with E-state index in [0.29, 0.717) is 38.3 Å². The predicted octanol–water partition coefficient (Wildman–Crippen LogP) is -0.141. The van der Waals surface area contributed by atoms with Crippen molar-refractivity contribution in [2.45, 2.75) is 95.3 Å². The first kappa shape index (κ1) is 59.1. The molecule has 24 nitrogen and oxygen atoms in total. The van der Waals surface area contributed by atoms with Crippen molar-refractivity contribution in [3.63, 3.8) is 0 Å². The van der Waals surface area contributed by atoms with E-state index in [0.717, 1.165) is 0 Å². The fraction of sp³-hybridized carbons (Fsp3) is 0.545. The normalized spacial score (nSPS) is 12.6. The van der Waals surface area contributed by atoms with Crippen molar-refractivity contribution in [2.75, 3.05) is 59.3 Å². The Kier molecular flexibility index (Phi) is 30.7. The second kappa shape index (κ2) is 35.3. The van der Waals surface area contributed by atoms with E-state index in [1.165, 1.54) is 37.3 Å². The fourth-order valence-electron chi connectivity index (χ4n) is 5.86. The third-order valence-corrected chi connectivity index (χ3v) is 9.40. The van der Waals surface area contributed by atoms with Crippen LogP contribution < -0.4 is 37.2 Å². The second-order valence-corrected chi connectivity index (χ2v) is 14.9. The lowest BCUT2D eigenvalue weighted by Gasteiger charge is -2.20. The van der Waals surface area contributed by atoms with Crippen LogP contribution in [0.2, 0.25) is 0 Å². The summed E-state index contributed by atoms with van der Waals surface area (Å²) in [5, 5.41) is 54.3. The fourth-order valence-corrected chi connectivity index (χ4v) is 5.86. The first-order valence-corrected chi connectivity index (χ1v) is 21.9. The molecular formula is C44H65N7O17. The topological polar surface area (TPSA) is 364 Å². The summed E-state index contributed by atoms with van der Waals surface area (Å²) in [6.45, 7) is 6.68. The highest BCUT2D eigenvalue weighted by molar-refractivity contribution is 5.90. The molecular weight excluding hydrogens is 899 g/mol. The van der Waals surface area contributed by atoms with Crippen LogP contribution in [-0.2, 0) is 59.0 Å². The molecule has 0 unspecified atom stereocenters. The Balaban J connectivity index is 2.73. The van der Waals surface area contributed by atoms with Gasteiger partial charge in [-0.15, -0.1) is 0 Å². The van der Waals surface area contributed by atoms with Crippen molar-refractivity contribution in [3.8, 4) is 0 Å². The molecule has 7 amide bonds. The van der Waals surface area contributed by atoms with Gasteiger partial charge < -0.3 is 71.9 Å². The van der Waals surface area contributed by atoms with E-state index in [2.05, 4.69) is 38.5 Å². The van der Waals surface area contributed by atoms with Gasteiger partial charge >= 0.3 is 29.9 Å². The van der Waals surface area contributed by atoms with Crippen LogP contribution in [0.1, 0.15) is 80.6 Å². The SMILES string of the molecule is C=C/C=C/CC[C@H](NC(=O)CCNC(=O)[C@H](Cc1ccc(C(=O)O)cc1)NC(=O)CCOCCOCCOCCNC(C)=O)C(=O)NCCCC[C@H](NC(=O)N[C@@H](CCC(=O)O)C(=O)O)C(=O)O. The van der Waals surface area contributed by atoms with Crippen molar-refractivity contribution in [2.24, 2.45) is 0 Å². The number of carboxylic acid groups (broad SMARTS) is 4.